The molecular weight excluding hydrogens is 426 g/mol. The summed E-state index contributed by atoms with van der Waals surface area (Å²) in [6, 6.07) is 8.92. The van der Waals surface area contributed by atoms with Crippen LogP contribution in [-0.2, 0) is 24.8 Å². The minimum atomic E-state index is -3.95. The maximum atomic E-state index is 12.9. The summed E-state index contributed by atoms with van der Waals surface area (Å²) in [5.74, 6) is 0.0220. The van der Waals surface area contributed by atoms with Crippen LogP contribution in [0.25, 0.3) is 0 Å². The molecule has 3 rings (SSSR count). The second-order valence-electron chi connectivity index (χ2n) is 7.45. The number of hydrogen-bond acceptors (Lipinski definition) is 5. The maximum absolute atomic E-state index is 12.9. The molecule has 0 aliphatic carbocycles. The van der Waals surface area contributed by atoms with Crippen molar-refractivity contribution in [2.24, 2.45) is 0 Å². The summed E-state index contributed by atoms with van der Waals surface area (Å²) in [6.45, 7) is 4.07. The first-order chi connectivity index (χ1) is 13.9. The molecule has 30 heavy (non-hydrogen) atoms. The van der Waals surface area contributed by atoms with Gasteiger partial charge in [0.1, 0.15) is 0 Å². The normalized spacial score (nSPS) is 15.1. The highest BCUT2D eigenvalue weighted by molar-refractivity contribution is 7.92. The van der Waals surface area contributed by atoms with Gasteiger partial charge in [-0.25, -0.2) is 21.1 Å². The van der Waals surface area contributed by atoms with Crippen LogP contribution in [0.2, 0.25) is 0 Å². The maximum Gasteiger partial charge on any atom is 0.261 e. The lowest BCUT2D eigenvalue weighted by Crippen LogP contribution is -2.24. The van der Waals surface area contributed by atoms with E-state index in [9.17, 15) is 21.6 Å². The van der Waals surface area contributed by atoms with Gasteiger partial charge in [-0.1, -0.05) is 0 Å². The van der Waals surface area contributed by atoms with Crippen molar-refractivity contribution in [1.29, 1.82) is 0 Å². The zero-order chi connectivity index (χ0) is 22.3. The quantitative estimate of drug-likeness (QED) is 0.727. The second kappa shape index (κ2) is 8.01. The van der Waals surface area contributed by atoms with E-state index >= 15 is 0 Å². The van der Waals surface area contributed by atoms with E-state index in [-0.39, 0.29) is 21.4 Å². The van der Waals surface area contributed by atoms with E-state index in [0.717, 1.165) is 10.7 Å². The molecule has 0 aromatic heterocycles. The van der Waals surface area contributed by atoms with Crippen LogP contribution >= 0.6 is 0 Å². The highest BCUT2D eigenvalue weighted by Crippen LogP contribution is 2.28. The van der Waals surface area contributed by atoms with E-state index in [0.29, 0.717) is 29.8 Å². The van der Waals surface area contributed by atoms with E-state index in [1.807, 2.05) is 0 Å². The highest BCUT2D eigenvalue weighted by atomic mass is 32.2. The van der Waals surface area contributed by atoms with E-state index in [2.05, 4.69) is 4.72 Å². The molecule has 0 bridgehead atoms. The van der Waals surface area contributed by atoms with Gasteiger partial charge in [-0.15, -0.1) is 0 Å². The first-order valence-electron chi connectivity index (χ1n) is 9.40. The minimum absolute atomic E-state index is 0.0104. The van der Waals surface area contributed by atoms with E-state index in [1.54, 1.807) is 30.9 Å². The molecule has 0 atom stereocenters. The number of carbonyl (C=O) groups excluding carboxylic acids is 1. The Balaban J connectivity index is 1.93. The number of hydrogen-bond donors (Lipinski definition) is 1. The van der Waals surface area contributed by atoms with Gasteiger partial charge in [0, 0.05) is 32.7 Å². The Morgan fingerprint density at radius 1 is 0.967 bits per heavy atom. The molecule has 162 valence electrons. The standard InChI is InChI=1S/C20H25N3O5S2/c1-14-12-18(30(27,28)22(3)4)13-19(15(14)2)21-29(25,26)17-9-7-16(8-10-17)23-11-5-6-20(23)24/h7-10,12-13,21H,5-6,11H2,1-4H3. The van der Waals surface area contributed by atoms with Crippen LogP contribution in [0.3, 0.4) is 0 Å². The predicted molar refractivity (Wildman–Crippen MR) is 116 cm³/mol. The fraction of sp³-hybridized carbons (Fsp3) is 0.350. The fourth-order valence-electron chi connectivity index (χ4n) is 3.22. The molecule has 0 spiro atoms. The number of amides is 1. The second-order valence-corrected chi connectivity index (χ2v) is 11.3. The number of benzene rings is 2. The van der Waals surface area contributed by atoms with Crippen molar-refractivity contribution in [2.75, 3.05) is 30.3 Å². The first-order valence-corrected chi connectivity index (χ1v) is 12.3. The Bertz CT molecular complexity index is 1190. The van der Waals surface area contributed by atoms with Gasteiger partial charge in [0.25, 0.3) is 10.0 Å². The summed E-state index contributed by atoms with van der Waals surface area (Å²) in [6.07, 6.45) is 1.28. The summed E-state index contributed by atoms with van der Waals surface area (Å²) in [5.41, 5.74) is 2.14. The molecule has 0 radical (unpaired) electrons. The van der Waals surface area contributed by atoms with E-state index in [4.69, 9.17) is 0 Å². The number of nitrogens with one attached hydrogen (secondary N) is 1. The average Bonchev–Trinajstić information content (AvgIpc) is 3.11. The fourth-order valence-corrected chi connectivity index (χ4v) is 5.35. The van der Waals surface area contributed by atoms with E-state index in [1.165, 1.54) is 38.4 Å². The van der Waals surface area contributed by atoms with Gasteiger partial charge in [-0.3, -0.25) is 9.52 Å². The van der Waals surface area contributed by atoms with Gasteiger partial charge >= 0.3 is 0 Å². The smallest absolute Gasteiger partial charge is 0.261 e. The number of rotatable bonds is 6. The molecule has 1 saturated heterocycles. The van der Waals surface area contributed by atoms with Crippen LogP contribution in [0.1, 0.15) is 24.0 Å². The molecule has 1 aliphatic heterocycles. The molecule has 2 aromatic carbocycles. The summed E-state index contributed by atoms with van der Waals surface area (Å²) in [7, 11) is -4.83. The Morgan fingerprint density at radius 3 is 2.13 bits per heavy atom. The molecule has 1 fully saturated rings. The third-order valence-corrected chi connectivity index (χ3v) is 8.37. The lowest BCUT2D eigenvalue weighted by Gasteiger charge is -2.18. The number of sulfonamides is 2. The van der Waals surface area contributed by atoms with Gasteiger partial charge in [-0.05, 0) is 67.8 Å². The molecule has 1 N–H and O–H groups in total. The number of nitrogens with zero attached hydrogens (tertiary/aromatic N) is 2. The summed E-state index contributed by atoms with van der Waals surface area (Å²) in [5, 5.41) is 0. The summed E-state index contributed by atoms with van der Waals surface area (Å²) >= 11 is 0. The van der Waals surface area contributed by atoms with E-state index < -0.39 is 20.0 Å². The molecule has 1 heterocycles. The Hall–Kier alpha value is -2.43. The molecule has 2 aromatic rings. The third-order valence-electron chi connectivity index (χ3n) is 5.20. The van der Waals surface area contributed by atoms with Crippen LogP contribution in [0.15, 0.2) is 46.2 Å². The molecule has 0 unspecified atom stereocenters. The minimum Gasteiger partial charge on any atom is -0.312 e. The molecule has 1 amide bonds. The van der Waals surface area contributed by atoms with Crippen molar-refractivity contribution in [3.05, 3.63) is 47.5 Å². The largest absolute Gasteiger partial charge is 0.312 e. The Kier molecular flexibility index (Phi) is 5.94. The van der Waals surface area contributed by atoms with Crippen molar-refractivity contribution in [2.45, 2.75) is 36.5 Å². The lowest BCUT2D eigenvalue weighted by atomic mass is 10.1. The topological polar surface area (TPSA) is 104 Å². The third kappa shape index (κ3) is 4.21. The van der Waals surface area contributed by atoms with Crippen LogP contribution in [0.4, 0.5) is 11.4 Å². The Morgan fingerprint density at radius 2 is 1.60 bits per heavy atom. The van der Waals surface area contributed by atoms with Crippen molar-refractivity contribution in [3.63, 3.8) is 0 Å². The zero-order valence-electron chi connectivity index (χ0n) is 17.3. The summed E-state index contributed by atoms with van der Waals surface area (Å²) < 4.78 is 54.4. The predicted octanol–water partition coefficient (Wildman–Crippen LogP) is 2.48. The zero-order valence-corrected chi connectivity index (χ0v) is 19.0. The molecule has 8 nitrogen and oxygen atoms in total. The Labute approximate surface area is 177 Å². The van der Waals surface area contributed by atoms with Gasteiger partial charge in [0.2, 0.25) is 15.9 Å². The van der Waals surface area contributed by atoms with Crippen LogP contribution in [-0.4, -0.2) is 47.7 Å². The highest BCUT2D eigenvalue weighted by Gasteiger charge is 2.24. The SMILES string of the molecule is Cc1cc(S(=O)(=O)N(C)C)cc(NS(=O)(=O)c2ccc(N3CCCC3=O)cc2)c1C. The number of aryl methyl sites for hydroxylation is 1. The van der Waals surface area contributed by atoms with Crippen LogP contribution in [0.5, 0.6) is 0 Å². The molecule has 10 heteroatoms. The van der Waals surface area contributed by atoms with Gasteiger partial charge in [0.15, 0.2) is 0 Å². The van der Waals surface area contributed by atoms with Gasteiger partial charge < -0.3 is 4.90 Å². The van der Waals surface area contributed by atoms with Crippen LogP contribution in [0, 0.1) is 13.8 Å². The molecule has 1 aliphatic rings. The molecule has 0 saturated carbocycles. The van der Waals surface area contributed by atoms with Gasteiger partial charge in [0.05, 0.1) is 15.5 Å². The van der Waals surface area contributed by atoms with Crippen molar-refractivity contribution in [3.8, 4) is 0 Å². The van der Waals surface area contributed by atoms with Gasteiger partial charge in [-0.2, -0.15) is 0 Å². The molecular formula is C20H25N3O5S2. The number of carbonyl (C=O) groups is 1. The van der Waals surface area contributed by atoms with Crippen molar-refractivity contribution in [1.82, 2.24) is 4.31 Å². The monoisotopic (exact) mass is 451 g/mol. The number of anilines is 2. The summed E-state index contributed by atoms with van der Waals surface area (Å²) in [4.78, 5) is 13.5. The van der Waals surface area contributed by atoms with Crippen molar-refractivity contribution >= 4 is 37.3 Å². The van der Waals surface area contributed by atoms with Crippen molar-refractivity contribution < 1.29 is 21.6 Å². The lowest BCUT2D eigenvalue weighted by molar-refractivity contribution is -0.117. The average molecular weight is 452 g/mol. The first kappa shape index (κ1) is 22.3. The van der Waals surface area contributed by atoms with Crippen LogP contribution < -0.4 is 9.62 Å².